The van der Waals surface area contributed by atoms with E-state index < -0.39 is 4.92 Å². The first-order chi connectivity index (χ1) is 10.1. The maximum absolute atomic E-state index is 12.3. The van der Waals surface area contributed by atoms with Crippen molar-refractivity contribution >= 4 is 11.6 Å². The molecule has 2 saturated heterocycles. The molecule has 2 fully saturated rings. The van der Waals surface area contributed by atoms with Gasteiger partial charge in [-0.1, -0.05) is 0 Å². The lowest BCUT2D eigenvalue weighted by molar-refractivity contribution is -0.384. The Morgan fingerprint density at radius 1 is 1.33 bits per heavy atom. The minimum Gasteiger partial charge on any atom is -0.351 e. The molecule has 0 spiro atoms. The number of hydrogen-bond acceptors (Lipinski definition) is 4. The molecular formula is C14H20N4O3. The Morgan fingerprint density at radius 2 is 2.10 bits per heavy atom. The molecule has 0 aliphatic carbocycles. The SMILES string of the molecule is O=C(c1cc([N+](=O)[O-])c[nH]1)N1CCC(C2CCCN2)CC1. The standard InChI is InChI=1S/C14H20N4O3/c19-14(13-8-11(9-16-13)18(20)21)17-6-3-10(4-7-17)12-2-1-5-15-12/h8-10,12,15-16H,1-7H2. The maximum Gasteiger partial charge on any atom is 0.287 e. The molecule has 0 saturated carbocycles. The number of nitro groups is 1. The normalized spacial score (nSPS) is 23.4. The molecular weight excluding hydrogens is 272 g/mol. The zero-order chi connectivity index (χ0) is 14.8. The molecule has 3 heterocycles. The van der Waals surface area contributed by atoms with E-state index >= 15 is 0 Å². The minimum atomic E-state index is -0.495. The molecule has 21 heavy (non-hydrogen) atoms. The molecule has 1 aromatic heterocycles. The van der Waals surface area contributed by atoms with Gasteiger partial charge in [0, 0.05) is 25.2 Å². The van der Waals surface area contributed by atoms with E-state index in [1.165, 1.54) is 25.1 Å². The van der Waals surface area contributed by atoms with Gasteiger partial charge in [0.15, 0.2) is 0 Å². The molecule has 2 aliphatic rings. The van der Waals surface area contributed by atoms with Crippen LogP contribution in [0, 0.1) is 16.0 Å². The van der Waals surface area contributed by atoms with Crippen molar-refractivity contribution in [2.45, 2.75) is 31.7 Å². The molecule has 2 N–H and O–H groups in total. The van der Waals surface area contributed by atoms with Gasteiger partial charge in [0.2, 0.25) is 0 Å². The van der Waals surface area contributed by atoms with E-state index in [2.05, 4.69) is 10.3 Å². The second-order valence-electron chi connectivity index (χ2n) is 5.86. The van der Waals surface area contributed by atoms with Crippen LogP contribution in [0.15, 0.2) is 12.3 Å². The van der Waals surface area contributed by atoms with Crippen molar-refractivity contribution < 1.29 is 9.72 Å². The average molecular weight is 292 g/mol. The number of hydrogen-bond donors (Lipinski definition) is 2. The van der Waals surface area contributed by atoms with Gasteiger partial charge in [-0.15, -0.1) is 0 Å². The summed E-state index contributed by atoms with van der Waals surface area (Å²) in [4.78, 5) is 27.0. The van der Waals surface area contributed by atoms with E-state index in [4.69, 9.17) is 0 Å². The van der Waals surface area contributed by atoms with Crippen LogP contribution in [0.5, 0.6) is 0 Å². The minimum absolute atomic E-state index is 0.0663. The predicted molar refractivity (Wildman–Crippen MR) is 77.1 cm³/mol. The van der Waals surface area contributed by atoms with Crippen LogP contribution in [0.1, 0.15) is 36.2 Å². The molecule has 7 nitrogen and oxygen atoms in total. The number of carbonyl (C=O) groups excluding carboxylic acids is 1. The first kappa shape index (κ1) is 14.1. The lowest BCUT2D eigenvalue weighted by Gasteiger charge is -2.34. The Hall–Kier alpha value is -1.89. The molecule has 0 aromatic carbocycles. The van der Waals surface area contributed by atoms with Crippen molar-refractivity contribution in [3.05, 3.63) is 28.1 Å². The van der Waals surface area contributed by atoms with E-state index in [0.717, 1.165) is 32.5 Å². The van der Waals surface area contributed by atoms with Crippen molar-refractivity contribution in [3.8, 4) is 0 Å². The number of nitrogens with zero attached hydrogens (tertiary/aromatic N) is 2. The highest BCUT2D eigenvalue weighted by Gasteiger charge is 2.30. The second-order valence-corrected chi connectivity index (χ2v) is 5.86. The molecule has 0 bridgehead atoms. The summed E-state index contributed by atoms with van der Waals surface area (Å²) < 4.78 is 0. The summed E-state index contributed by atoms with van der Waals surface area (Å²) in [7, 11) is 0. The van der Waals surface area contributed by atoms with Gasteiger partial charge in [-0.25, -0.2) is 0 Å². The fourth-order valence-corrected chi connectivity index (χ4v) is 3.40. The molecule has 7 heteroatoms. The molecule has 3 rings (SSSR count). The van der Waals surface area contributed by atoms with Gasteiger partial charge in [0.1, 0.15) is 5.69 Å². The van der Waals surface area contributed by atoms with Crippen molar-refractivity contribution in [3.63, 3.8) is 0 Å². The summed E-state index contributed by atoms with van der Waals surface area (Å²) in [6, 6.07) is 1.92. The highest BCUT2D eigenvalue weighted by molar-refractivity contribution is 5.93. The fourth-order valence-electron chi connectivity index (χ4n) is 3.40. The third kappa shape index (κ3) is 2.92. The maximum atomic E-state index is 12.3. The molecule has 2 aliphatic heterocycles. The quantitative estimate of drug-likeness (QED) is 0.653. The highest BCUT2D eigenvalue weighted by atomic mass is 16.6. The summed E-state index contributed by atoms with van der Waals surface area (Å²) >= 11 is 0. The molecule has 114 valence electrons. The van der Waals surface area contributed by atoms with Crippen molar-refractivity contribution in [1.82, 2.24) is 15.2 Å². The van der Waals surface area contributed by atoms with Crippen molar-refractivity contribution in [2.24, 2.45) is 5.92 Å². The van der Waals surface area contributed by atoms with Crippen LogP contribution in [-0.4, -0.2) is 46.4 Å². The van der Waals surface area contributed by atoms with E-state index in [1.54, 1.807) is 4.90 Å². The summed E-state index contributed by atoms with van der Waals surface area (Å²) in [6.07, 6.45) is 5.76. The number of piperidine rings is 1. The second kappa shape index (κ2) is 5.85. The Kier molecular flexibility index (Phi) is 3.92. The Morgan fingerprint density at radius 3 is 2.67 bits per heavy atom. The van der Waals surface area contributed by atoms with E-state index in [0.29, 0.717) is 17.7 Å². The number of nitrogens with one attached hydrogen (secondary N) is 2. The topological polar surface area (TPSA) is 91.3 Å². The highest BCUT2D eigenvalue weighted by Crippen LogP contribution is 2.26. The zero-order valence-electron chi connectivity index (χ0n) is 11.9. The molecule has 0 radical (unpaired) electrons. The van der Waals surface area contributed by atoms with Crippen LogP contribution >= 0.6 is 0 Å². The first-order valence-corrected chi connectivity index (χ1v) is 7.50. The zero-order valence-corrected chi connectivity index (χ0v) is 11.9. The molecule has 1 amide bonds. The molecule has 1 unspecified atom stereocenters. The average Bonchev–Trinajstić information content (AvgIpc) is 3.18. The monoisotopic (exact) mass is 292 g/mol. The summed E-state index contributed by atoms with van der Waals surface area (Å²) in [6.45, 7) is 2.57. The number of amides is 1. The Bertz CT molecular complexity index is 528. The Labute approximate surface area is 122 Å². The predicted octanol–water partition coefficient (Wildman–Crippen LogP) is 1.53. The number of H-pyrrole nitrogens is 1. The number of aromatic nitrogens is 1. The van der Waals surface area contributed by atoms with Gasteiger partial charge in [-0.05, 0) is 38.1 Å². The van der Waals surface area contributed by atoms with Crippen LogP contribution in [-0.2, 0) is 0 Å². The van der Waals surface area contributed by atoms with Gasteiger partial charge >= 0.3 is 0 Å². The lowest BCUT2D eigenvalue weighted by Crippen LogP contribution is -2.43. The molecule has 1 aromatic rings. The summed E-state index contributed by atoms with van der Waals surface area (Å²) in [5, 5.41) is 14.2. The van der Waals surface area contributed by atoms with Gasteiger partial charge < -0.3 is 15.2 Å². The van der Waals surface area contributed by atoms with E-state index in [9.17, 15) is 14.9 Å². The number of aromatic amines is 1. The summed E-state index contributed by atoms with van der Waals surface area (Å²) in [5.74, 6) is 0.510. The van der Waals surface area contributed by atoms with Gasteiger partial charge in [-0.3, -0.25) is 14.9 Å². The number of likely N-dealkylation sites (tertiary alicyclic amines) is 1. The van der Waals surface area contributed by atoms with Crippen molar-refractivity contribution in [1.29, 1.82) is 0 Å². The van der Waals surface area contributed by atoms with E-state index in [1.807, 2.05) is 0 Å². The van der Waals surface area contributed by atoms with Crippen LogP contribution in [0.2, 0.25) is 0 Å². The van der Waals surface area contributed by atoms with Gasteiger partial charge in [0.25, 0.3) is 11.6 Å². The third-order valence-corrected chi connectivity index (χ3v) is 4.60. The fraction of sp³-hybridized carbons (Fsp3) is 0.643. The van der Waals surface area contributed by atoms with Crippen LogP contribution in [0.25, 0.3) is 0 Å². The third-order valence-electron chi connectivity index (χ3n) is 4.60. The Balaban J connectivity index is 1.58. The summed E-state index contributed by atoms with van der Waals surface area (Å²) in [5.41, 5.74) is 0.238. The van der Waals surface area contributed by atoms with E-state index in [-0.39, 0.29) is 11.6 Å². The lowest BCUT2D eigenvalue weighted by atomic mass is 9.88. The first-order valence-electron chi connectivity index (χ1n) is 7.50. The van der Waals surface area contributed by atoms with Gasteiger partial charge in [-0.2, -0.15) is 0 Å². The number of carbonyl (C=O) groups is 1. The molecule has 1 atom stereocenters. The van der Waals surface area contributed by atoms with Crippen molar-refractivity contribution in [2.75, 3.05) is 19.6 Å². The number of rotatable bonds is 3. The van der Waals surface area contributed by atoms with Crippen LogP contribution in [0.3, 0.4) is 0 Å². The smallest absolute Gasteiger partial charge is 0.287 e. The van der Waals surface area contributed by atoms with Gasteiger partial charge in [0.05, 0.1) is 11.1 Å². The van der Waals surface area contributed by atoms with Crippen LogP contribution < -0.4 is 5.32 Å². The largest absolute Gasteiger partial charge is 0.351 e. The van der Waals surface area contributed by atoms with Crippen LogP contribution in [0.4, 0.5) is 5.69 Å².